The van der Waals surface area contributed by atoms with Gasteiger partial charge in [0.05, 0.1) is 22.3 Å². The summed E-state index contributed by atoms with van der Waals surface area (Å²) in [7, 11) is 1.73. The van der Waals surface area contributed by atoms with Gasteiger partial charge in [0.25, 0.3) is 0 Å². The monoisotopic (exact) mass is 212 g/mol. The Kier molecular flexibility index (Phi) is 2.60. The van der Waals surface area contributed by atoms with E-state index < -0.39 is 0 Å². The maximum Gasteiger partial charge on any atom is 0.0954 e. The van der Waals surface area contributed by atoms with Gasteiger partial charge in [-0.05, 0) is 19.8 Å². The molecular weight excluding hydrogens is 196 g/mol. The van der Waals surface area contributed by atoms with Gasteiger partial charge in [-0.2, -0.15) is 0 Å². The zero-order valence-corrected chi connectivity index (χ0v) is 9.43. The molecule has 3 nitrogen and oxygen atoms in total. The summed E-state index contributed by atoms with van der Waals surface area (Å²) in [5.41, 5.74) is 7.04. The van der Waals surface area contributed by atoms with Crippen molar-refractivity contribution in [3.8, 4) is 0 Å². The van der Waals surface area contributed by atoms with Gasteiger partial charge < -0.3 is 10.5 Å². The standard InChI is InChI=1S/C10H16N2OS/c1-7(13-2)5-9-12-8(6-14-9)10(11)3-4-10/h6-7H,3-5,11H2,1-2H3. The molecule has 1 heterocycles. The molecule has 2 rings (SSSR count). The minimum atomic E-state index is -0.0922. The number of nitrogens with two attached hydrogens (primary N) is 1. The van der Waals surface area contributed by atoms with Crippen LogP contribution in [0.25, 0.3) is 0 Å². The summed E-state index contributed by atoms with van der Waals surface area (Å²) in [6.45, 7) is 2.05. The van der Waals surface area contributed by atoms with Gasteiger partial charge in [0.1, 0.15) is 0 Å². The van der Waals surface area contributed by atoms with Crippen molar-refractivity contribution < 1.29 is 4.74 Å². The van der Waals surface area contributed by atoms with Crippen LogP contribution in [0.3, 0.4) is 0 Å². The summed E-state index contributed by atoms with van der Waals surface area (Å²) < 4.78 is 5.20. The Hall–Kier alpha value is -0.450. The normalized spacial score (nSPS) is 20.8. The van der Waals surface area contributed by atoms with Crippen molar-refractivity contribution in [2.24, 2.45) is 5.73 Å². The average Bonchev–Trinajstić information content (AvgIpc) is 2.75. The van der Waals surface area contributed by atoms with Gasteiger partial charge >= 0.3 is 0 Å². The van der Waals surface area contributed by atoms with Crippen LogP contribution in [0, 0.1) is 0 Å². The number of hydrogen-bond acceptors (Lipinski definition) is 4. The van der Waals surface area contributed by atoms with Crippen LogP contribution in [0.1, 0.15) is 30.5 Å². The van der Waals surface area contributed by atoms with Crippen LogP contribution in [0.15, 0.2) is 5.38 Å². The van der Waals surface area contributed by atoms with E-state index in [9.17, 15) is 0 Å². The van der Waals surface area contributed by atoms with Crippen molar-refractivity contribution in [1.29, 1.82) is 0 Å². The fraction of sp³-hybridized carbons (Fsp3) is 0.700. The van der Waals surface area contributed by atoms with Gasteiger partial charge in [0.15, 0.2) is 0 Å². The molecule has 0 aliphatic heterocycles. The van der Waals surface area contributed by atoms with E-state index in [1.807, 2.05) is 0 Å². The first-order valence-electron chi connectivity index (χ1n) is 4.90. The highest BCUT2D eigenvalue weighted by Gasteiger charge is 2.42. The van der Waals surface area contributed by atoms with E-state index in [1.54, 1.807) is 18.4 Å². The summed E-state index contributed by atoms with van der Waals surface area (Å²) in [4.78, 5) is 4.55. The minimum Gasteiger partial charge on any atom is -0.381 e. The number of ether oxygens (including phenoxy) is 1. The number of aromatic nitrogens is 1. The molecule has 0 amide bonds. The molecule has 0 aromatic carbocycles. The van der Waals surface area contributed by atoms with Crippen LogP contribution in [0.5, 0.6) is 0 Å². The summed E-state index contributed by atoms with van der Waals surface area (Å²) in [5, 5.41) is 3.22. The largest absolute Gasteiger partial charge is 0.381 e. The van der Waals surface area contributed by atoms with E-state index in [-0.39, 0.29) is 11.6 Å². The lowest BCUT2D eigenvalue weighted by Crippen LogP contribution is -2.19. The van der Waals surface area contributed by atoms with Crippen molar-refractivity contribution in [2.45, 2.75) is 37.8 Å². The van der Waals surface area contributed by atoms with Gasteiger partial charge in [0, 0.05) is 18.9 Å². The van der Waals surface area contributed by atoms with E-state index in [2.05, 4.69) is 17.3 Å². The van der Waals surface area contributed by atoms with Crippen LogP contribution in [-0.4, -0.2) is 18.2 Å². The Balaban J connectivity index is 2.03. The second-order valence-electron chi connectivity index (χ2n) is 4.03. The lowest BCUT2D eigenvalue weighted by molar-refractivity contribution is 0.118. The Labute approximate surface area is 88.3 Å². The number of rotatable bonds is 4. The van der Waals surface area contributed by atoms with Crippen LogP contribution in [0.4, 0.5) is 0 Å². The lowest BCUT2D eigenvalue weighted by atomic mass is 10.2. The first-order valence-corrected chi connectivity index (χ1v) is 5.78. The fourth-order valence-corrected chi connectivity index (χ4v) is 2.37. The van der Waals surface area contributed by atoms with Gasteiger partial charge in [-0.25, -0.2) is 4.98 Å². The van der Waals surface area contributed by atoms with E-state index in [0.717, 1.165) is 30.0 Å². The maximum absolute atomic E-state index is 6.06. The molecule has 1 aromatic heterocycles. The molecule has 0 radical (unpaired) electrons. The predicted octanol–water partition coefficient (Wildman–Crippen LogP) is 1.67. The van der Waals surface area contributed by atoms with Crippen molar-refractivity contribution in [3.05, 3.63) is 16.1 Å². The third-order valence-corrected chi connectivity index (χ3v) is 3.59. The fourth-order valence-electron chi connectivity index (χ4n) is 1.35. The molecule has 1 aliphatic carbocycles. The Morgan fingerprint density at radius 1 is 1.71 bits per heavy atom. The van der Waals surface area contributed by atoms with Crippen LogP contribution in [0.2, 0.25) is 0 Å². The average molecular weight is 212 g/mol. The SMILES string of the molecule is COC(C)Cc1nc(C2(N)CC2)cs1. The second-order valence-corrected chi connectivity index (χ2v) is 4.98. The summed E-state index contributed by atoms with van der Waals surface area (Å²) in [6.07, 6.45) is 3.28. The Morgan fingerprint density at radius 2 is 2.43 bits per heavy atom. The summed E-state index contributed by atoms with van der Waals surface area (Å²) >= 11 is 1.69. The first kappa shape index (κ1) is 10.1. The molecule has 14 heavy (non-hydrogen) atoms. The number of nitrogens with zero attached hydrogens (tertiary/aromatic N) is 1. The number of methoxy groups -OCH3 is 1. The van der Waals surface area contributed by atoms with Crippen molar-refractivity contribution in [1.82, 2.24) is 4.98 Å². The van der Waals surface area contributed by atoms with Crippen LogP contribution in [-0.2, 0) is 16.7 Å². The van der Waals surface area contributed by atoms with Gasteiger partial charge in [0.2, 0.25) is 0 Å². The molecule has 1 saturated carbocycles. The Morgan fingerprint density at radius 3 is 3.00 bits per heavy atom. The first-order chi connectivity index (χ1) is 6.64. The minimum absolute atomic E-state index is 0.0922. The van der Waals surface area contributed by atoms with E-state index >= 15 is 0 Å². The molecule has 2 N–H and O–H groups in total. The summed E-state index contributed by atoms with van der Waals surface area (Å²) in [5.74, 6) is 0. The maximum atomic E-state index is 6.06. The molecule has 1 aromatic rings. The highest BCUT2D eigenvalue weighted by Crippen LogP contribution is 2.42. The lowest BCUT2D eigenvalue weighted by Gasteiger charge is -2.06. The zero-order chi connectivity index (χ0) is 10.2. The van der Waals surface area contributed by atoms with Crippen molar-refractivity contribution in [3.63, 3.8) is 0 Å². The molecule has 0 spiro atoms. The van der Waals surface area contributed by atoms with Crippen molar-refractivity contribution in [2.75, 3.05) is 7.11 Å². The predicted molar refractivity (Wildman–Crippen MR) is 57.4 cm³/mol. The molecule has 0 saturated heterocycles. The quantitative estimate of drug-likeness (QED) is 0.826. The molecule has 1 unspecified atom stereocenters. The van der Waals surface area contributed by atoms with E-state index in [1.165, 1.54) is 0 Å². The van der Waals surface area contributed by atoms with E-state index in [4.69, 9.17) is 10.5 Å². The highest BCUT2D eigenvalue weighted by molar-refractivity contribution is 7.09. The molecule has 1 fully saturated rings. The molecule has 78 valence electrons. The molecule has 4 heteroatoms. The van der Waals surface area contributed by atoms with Gasteiger partial charge in [-0.15, -0.1) is 11.3 Å². The van der Waals surface area contributed by atoms with Crippen molar-refractivity contribution >= 4 is 11.3 Å². The third kappa shape index (κ3) is 1.97. The topological polar surface area (TPSA) is 48.1 Å². The Bertz CT molecular complexity index is 320. The molecular formula is C10H16N2OS. The molecule has 1 atom stereocenters. The summed E-state index contributed by atoms with van der Waals surface area (Å²) in [6, 6.07) is 0. The van der Waals surface area contributed by atoms with Gasteiger partial charge in [-0.1, -0.05) is 0 Å². The van der Waals surface area contributed by atoms with Gasteiger partial charge in [-0.3, -0.25) is 0 Å². The number of thiazole rings is 1. The third-order valence-electron chi connectivity index (χ3n) is 2.71. The smallest absolute Gasteiger partial charge is 0.0954 e. The highest BCUT2D eigenvalue weighted by atomic mass is 32.1. The number of hydrogen-bond donors (Lipinski definition) is 1. The van der Waals surface area contributed by atoms with E-state index in [0.29, 0.717) is 0 Å². The van der Waals surface area contributed by atoms with Crippen LogP contribution < -0.4 is 5.73 Å². The molecule has 0 bridgehead atoms. The second kappa shape index (κ2) is 3.61. The van der Waals surface area contributed by atoms with Crippen LogP contribution >= 0.6 is 11.3 Å². The zero-order valence-electron chi connectivity index (χ0n) is 8.62. The molecule has 1 aliphatic rings.